The standard InChI is InChI=1S/C13H27N3O2/c1-5-16(12(17)18-13(2,3)4)11-6-8-15(10-11)9-7-14/h11H,5-10,14H2,1-4H3. The first-order chi connectivity index (χ1) is 8.37. The molecule has 0 saturated carbocycles. The van der Waals surface area contributed by atoms with Gasteiger partial charge in [0.1, 0.15) is 5.60 Å². The molecule has 5 nitrogen and oxygen atoms in total. The lowest BCUT2D eigenvalue weighted by Gasteiger charge is -2.30. The van der Waals surface area contributed by atoms with Crippen molar-refractivity contribution in [1.82, 2.24) is 9.80 Å². The van der Waals surface area contributed by atoms with Crippen LogP contribution in [0.15, 0.2) is 0 Å². The van der Waals surface area contributed by atoms with E-state index in [4.69, 9.17) is 10.5 Å². The molecule has 1 unspecified atom stereocenters. The van der Waals surface area contributed by atoms with Crippen LogP contribution in [-0.2, 0) is 4.74 Å². The number of carbonyl (C=O) groups is 1. The van der Waals surface area contributed by atoms with Crippen LogP contribution >= 0.6 is 0 Å². The van der Waals surface area contributed by atoms with Crippen molar-refractivity contribution in [2.45, 2.75) is 45.8 Å². The maximum atomic E-state index is 12.1. The van der Waals surface area contributed by atoms with Gasteiger partial charge in [-0.1, -0.05) is 0 Å². The van der Waals surface area contributed by atoms with Crippen LogP contribution in [0.25, 0.3) is 0 Å². The molecule has 1 fully saturated rings. The van der Waals surface area contributed by atoms with Crippen molar-refractivity contribution in [3.63, 3.8) is 0 Å². The third-order valence-corrected chi connectivity index (χ3v) is 3.10. The molecule has 1 atom stereocenters. The van der Waals surface area contributed by atoms with E-state index in [0.717, 1.165) is 26.1 Å². The van der Waals surface area contributed by atoms with Gasteiger partial charge in [-0.25, -0.2) is 4.79 Å². The van der Waals surface area contributed by atoms with Gasteiger partial charge in [-0.2, -0.15) is 0 Å². The van der Waals surface area contributed by atoms with Gasteiger partial charge >= 0.3 is 6.09 Å². The van der Waals surface area contributed by atoms with E-state index < -0.39 is 5.60 Å². The Balaban J connectivity index is 2.54. The molecule has 0 aromatic heterocycles. The van der Waals surface area contributed by atoms with Crippen LogP contribution in [0.2, 0.25) is 0 Å². The Hall–Kier alpha value is -0.810. The van der Waals surface area contributed by atoms with Gasteiger partial charge in [-0.3, -0.25) is 4.90 Å². The summed E-state index contributed by atoms with van der Waals surface area (Å²) in [5, 5.41) is 0. The van der Waals surface area contributed by atoms with E-state index in [2.05, 4.69) is 4.90 Å². The second-order valence-corrected chi connectivity index (χ2v) is 5.80. The van der Waals surface area contributed by atoms with E-state index in [-0.39, 0.29) is 12.1 Å². The summed E-state index contributed by atoms with van der Waals surface area (Å²) in [6.07, 6.45) is 0.803. The highest BCUT2D eigenvalue weighted by Gasteiger charge is 2.31. The van der Waals surface area contributed by atoms with Crippen molar-refractivity contribution in [2.75, 3.05) is 32.7 Å². The third-order valence-electron chi connectivity index (χ3n) is 3.10. The van der Waals surface area contributed by atoms with Gasteiger partial charge in [-0.05, 0) is 34.1 Å². The summed E-state index contributed by atoms with van der Waals surface area (Å²) in [5.41, 5.74) is 5.13. The Morgan fingerprint density at radius 1 is 1.50 bits per heavy atom. The normalized spacial score (nSPS) is 21.1. The topological polar surface area (TPSA) is 58.8 Å². The van der Waals surface area contributed by atoms with Crippen LogP contribution in [0, 0.1) is 0 Å². The van der Waals surface area contributed by atoms with Crippen molar-refractivity contribution in [2.24, 2.45) is 5.73 Å². The number of hydrogen-bond donors (Lipinski definition) is 1. The fraction of sp³-hybridized carbons (Fsp3) is 0.923. The van der Waals surface area contributed by atoms with Crippen LogP contribution in [0.3, 0.4) is 0 Å². The first kappa shape index (κ1) is 15.2. The summed E-state index contributed by atoms with van der Waals surface area (Å²) in [4.78, 5) is 16.2. The molecule has 1 heterocycles. The predicted octanol–water partition coefficient (Wildman–Crippen LogP) is 1.28. The third kappa shape index (κ3) is 4.46. The molecule has 0 aromatic carbocycles. The van der Waals surface area contributed by atoms with E-state index in [1.165, 1.54) is 0 Å². The molecule has 5 heteroatoms. The molecule has 0 aromatic rings. The van der Waals surface area contributed by atoms with E-state index >= 15 is 0 Å². The van der Waals surface area contributed by atoms with Crippen molar-refractivity contribution in [3.8, 4) is 0 Å². The maximum Gasteiger partial charge on any atom is 0.410 e. The Morgan fingerprint density at radius 2 is 2.17 bits per heavy atom. The summed E-state index contributed by atoms with van der Waals surface area (Å²) in [6, 6.07) is 0.261. The maximum absolute atomic E-state index is 12.1. The average molecular weight is 257 g/mol. The van der Waals surface area contributed by atoms with Crippen LogP contribution < -0.4 is 5.73 Å². The number of ether oxygens (including phenoxy) is 1. The van der Waals surface area contributed by atoms with Gasteiger partial charge in [0, 0.05) is 38.8 Å². The minimum Gasteiger partial charge on any atom is -0.444 e. The second-order valence-electron chi connectivity index (χ2n) is 5.80. The Bertz CT molecular complexity index is 276. The fourth-order valence-corrected chi connectivity index (χ4v) is 2.31. The Labute approximate surface area is 110 Å². The highest BCUT2D eigenvalue weighted by Crippen LogP contribution is 2.18. The Morgan fingerprint density at radius 3 is 2.67 bits per heavy atom. The summed E-state index contributed by atoms with van der Waals surface area (Å²) >= 11 is 0. The number of carbonyl (C=O) groups excluding carboxylic acids is 1. The van der Waals surface area contributed by atoms with E-state index in [9.17, 15) is 4.79 Å². The smallest absolute Gasteiger partial charge is 0.410 e. The minimum atomic E-state index is -0.431. The van der Waals surface area contributed by atoms with Crippen LogP contribution in [-0.4, -0.2) is 60.3 Å². The van der Waals surface area contributed by atoms with E-state index in [1.54, 1.807) is 0 Å². The zero-order valence-electron chi connectivity index (χ0n) is 12.1. The summed E-state index contributed by atoms with van der Waals surface area (Å²) in [6.45, 7) is 11.9. The quantitative estimate of drug-likeness (QED) is 0.824. The molecule has 18 heavy (non-hydrogen) atoms. The lowest BCUT2D eigenvalue weighted by Crippen LogP contribution is -2.44. The largest absolute Gasteiger partial charge is 0.444 e. The van der Waals surface area contributed by atoms with Crippen molar-refractivity contribution >= 4 is 6.09 Å². The molecule has 1 saturated heterocycles. The van der Waals surface area contributed by atoms with E-state index in [0.29, 0.717) is 13.1 Å². The molecule has 1 rings (SSSR count). The van der Waals surface area contributed by atoms with E-state index in [1.807, 2.05) is 32.6 Å². The van der Waals surface area contributed by atoms with Gasteiger partial charge in [0.05, 0.1) is 0 Å². The van der Waals surface area contributed by atoms with Crippen molar-refractivity contribution in [3.05, 3.63) is 0 Å². The SMILES string of the molecule is CCN(C(=O)OC(C)(C)C)C1CCN(CCN)C1. The summed E-state index contributed by atoms with van der Waals surface area (Å²) in [7, 11) is 0. The first-order valence-electron chi connectivity index (χ1n) is 6.79. The number of nitrogens with two attached hydrogens (primary N) is 1. The number of likely N-dealkylation sites (N-methyl/N-ethyl adjacent to an activating group) is 1. The number of hydrogen-bond acceptors (Lipinski definition) is 4. The number of rotatable bonds is 4. The highest BCUT2D eigenvalue weighted by molar-refractivity contribution is 5.68. The average Bonchev–Trinajstić information content (AvgIpc) is 2.65. The number of likely N-dealkylation sites (tertiary alicyclic amines) is 1. The zero-order chi connectivity index (χ0) is 13.8. The first-order valence-corrected chi connectivity index (χ1v) is 6.79. The molecule has 0 spiro atoms. The molecule has 1 aliphatic rings. The predicted molar refractivity (Wildman–Crippen MR) is 72.5 cm³/mol. The van der Waals surface area contributed by atoms with Crippen molar-refractivity contribution in [1.29, 1.82) is 0 Å². The van der Waals surface area contributed by atoms with Crippen LogP contribution in [0.4, 0.5) is 4.79 Å². The van der Waals surface area contributed by atoms with Gasteiger partial charge in [-0.15, -0.1) is 0 Å². The Kier molecular flexibility index (Phi) is 5.41. The lowest BCUT2D eigenvalue weighted by molar-refractivity contribution is 0.0181. The van der Waals surface area contributed by atoms with Crippen molar-refractivity contribution < 1.29 is 9.53 Å². The van der Waals surface area contributed by atoms with Gasteiger partial charge < -0.3 is 15.4 Å². The molecule has 0 bridgehead atoms. The molecule has 2 N–H and O–H groups in total. The highest BCUT2D eigenvalue weighted by atomic mass is 16.6. The second kappa shape index (κ2) is 6.38. The monoisotopic (exact) mass is 257 g/mol. The molecule has 0 radical (unpaired) electrons. The molecular weight excluding hydrogens is 230 g/mol. The zero-order valence-corrected chi connectivity index (χ0v) is 12.1. The van der Waals surface area contributed by atoms with Crippen LogP contribution in [0.5, 0.6) is 0 Å². The van der Waals surface area contributed by atoms with Gasteiger partial charge in [0.2, 0.25) is 0 Å². The molecular formula is C13H27N3O2. The minimum absolute atomic E-state index is 0.204. The molecule has 0 aliphatic carbocycles. The summed E-state index contributed by atoms with van der Waals surface area (Å²) in [5.74, 6) is 0. The fourth-order valence-electron chi connectivity index (χ4n) is 2.31. The lowest BCUT2D eigenvalue weighted by atomic mass is 10.2. The van der Waals surface area contributed by atoms with Gasteiger partial charge in [0.25, 0.3) is 0 Å². The number of nitrogens with zero attached hydrogens (tertiary/aromatic N) is 2. The molecule has 1 aliphatic heterocycles. The summed E-state index contributed by atoms with van der Waals surface area (Å²) < 4.78 is 5.44. The molecule has 1 amide bonds. The molecule has 106 valence electrons. The van der Waals surface area contributed by atoms with Crippen LogP contribution in [0.1, 0.15) is 34.1 Å². The number of amides is 1. The van der Waals surface area contributed by atoms with Gasteiger partial charge in [0.15, 0.2) is 0 Å².